The smallest absolute Gasteiger partial charge is 0.248 e. The number of primary amides is 1. The Bertz CT molecular complexity index is 558. The number of carbonyl (C=O) groups is 2. The highest BCUT2D eigenvalue weighted by molar-refractivity contribution is 5.93. The van der Waals surface area contributed by atoms with Gasteiger partial charge in [-0.2, -0.15) is 0 Å². The van der Waals surface area contributed by atoms with Gasteiger partial charge in [0.1, 0.15) is 0 Å². The van der Waals surface area contributed by atoms with Crippen molar-refractivity contribution >= 4 is 11.8 Å². The summed E-state index contributed by atoms with van der Waals surface area (Å²) in [6.07, 6.45) is 0.996. The summed E-state index contributed by atoms with van der Waals surface area (Å²) in [6.45, 7) is 1.57. The molecule has 2 amide bonds. The van der Waals surface area contributed by atoms with Gasteiger partial charge in [-0.05, 0) is 36.6 Å². The van der Waals surface area contributed by atoms with Gasteiger partial charge in [0.05, 0.1) is 6.04 Å². The highest BCUT2D eigenvalue weighted by Gasteiger charge is 2.44. The van der Waals surface area contributed by atoms with Crippen molar-refractivity contribution in [3.8, 4) is 0 Å². The zero-order valence-corrected chi connectivity index (χ0v) is 11.5. The van der Waals surface area contributed by atoms with E-state index in [4.69, 9.17) is 5.73 Å². The van der Waals surface area contributed by atoms with Crippen LogP contribution in [0.1, 0.15) is 28.3 Å². The zero-order valence-electron chi connectivity index (χ0n) is 11.5. The van der Waals surface area contributed by atoms with Gasteiger partial charge in [-0.15, -0.1) is 0 Å². The van der Waals surface area contributed by atoms with E-state index in [1.165, 1.54) is 0 Å². The summed E-state index contributed by atoms with van der Waals surface area (Å²) in [5.74, 6) is 0.335. The number of fused-ring (bicyclic) bond motifs is 1. The van der Waals surface area contributed by atoms with Gasteiger partial charge in [0.15, 0.2) is 0 Å². The number of hydrogen-bond acceptors (Lipinski definition) is 3. The van der Waals surface area contributed by atoms with Crippen molar-refractivity contribution in [2.75, 3.05) is 20.1 Å². The quantitative estimate of drug-likeness (QED) is 0.815. The van der Waals surface area contributed by atoms with E-state index >= 15 is 0 Å². The van der Waals surface area contributed by atoms with E-state index in [0.29, 0.717) is 18.0 Å². The fourth-order valence-corrected chi connectivity index (χ4v) is 3.46. The number of nitrogens with one attached hydrogen (secondary N) is 1. The minimum atomic E-state index is -0.409. The van der Waals surface area contributed by atoms with E-state index < -0.39 is 5.91 Å². The normalized spacial score (nSPS) is 29.4. The van der Waals surface area contributed by atoms with Crippen molar-refractivity contribution < 1.29 is 9.59 Å². The third kappa shape index (κ3) is 2.08. The Morgan fingerprint density at radius 1 is 1.45 bits per heavy atom. The molecule has 0 saturated carbocycles. The first-order valence-electron chi connectivity index (χ1n) is 6.96. The van der Waals surface area contributed by atoms with E-state index in [-0.39, 0.29) is 17.9 Å². The second-order valence-corrected chi connectivity index (χ2v) is 5.70. The number of carbonyl (C=O) groups excluding carboxylic acids is 2. The third-order valence-corrected chi connectivity index (χ3v) is 4.50. The third-order valence-electron chi connectivity index (χ3n) is 4.50. The van der Waals surface area contributed by atoms with Crippen molar-refractivity contribution in [3.05, 3.63) is 35.4 Å². The maximum atomic E-state index is 12.1. The molecule has 2 saturated heterocycles. The molecule has 2 fully saturated rings. The molecule has 0 aliphatic carbocycles. The van der Waals surface area contributed by atoms with Crippen LogP contribution in [0.4, 0.5) is 0 Å². The van der Waals surface area contributed by atoms with Crippen molar-refractivity contribution in [2.45, 2.75) is 18.4 Å². The van der Waals surface area contributed by atoms with Crippen LogP contribution in [0.2, 0.25) is 0 Å². The molecule has 0 bridgehead atoms. The molecular weight excluding hydrogens is 254 g/mol. The van der Waals surface area contributed by atoms with Gasteiger partial charge in [-0.1, -0.05) is 12.1 Å². The summed E-state index contributed by atoms with van der Waals surface area (Å²) in [5.41, 5.74) is 6.98. The Labute approximate surface area is 118 Å². The molecule has 2 aliphatic rings. The standard InChI is InChI=1S/C15H19N3O2/c1-18-8-12(11-5-6-17-13(11)15(18)20)9-3-2-4-10(7-9)14(16)19/h2-4,7,11-13,17H,5-6,8H2,1H3,(H2,16,19). The predicted octanol–water partition coefficient (Wildman–Crippen LogP) is 0.319. The molecule has 0 radical (unpaired) electrons. The van der Waals surface area contributed by atoms with Crippen LogP contribution in [0.5, 0.6) is 0 Å². The molecule has 5 heteroatoms. The van der Waals surface area contributed by atoms with Crippen molar-refractivity contribution in [1.82, 2.24) is 10.2 Å². The Morgan fingerprint density at radius 3 is 3.00 bits per heavy atom. The second kappa shape index (κ2) is 4.90. The fraction of sp³-hybridized carbons (Fsp3) is 0.467. The van der Waals surface area contributed by atoms with Crippen LogP contribution in [-0.2, 0) is 4.79 Å². The molecule has 3 unspecified atom stereocenters. The highest BCUT2D eigenvalue weighted by Crippen LogP contribution is 2.37. The number of amides is 2. The molecule has 3 N–H and O–H groups in total. The molecule has 1 aromatic rings. The largest absolute Gasteiger partial charge is 0.366 e. The van der Waals surface area contributed by atoms with Crippen molar-refractivity contribution in [1.29, 1.82) is 0 Å². The van der Waals surface area contributed by atoms with Gasteiger partial charge in [0.25, 0.3) is 0 Å². The Hall–Kier alpha value is -1.88. The Morgan fingerprint density at radius 2 is 2.25 bits per heavy atom. The van der Waals surface area contributed by atoms with Crippen LogP contribution in [0, 0.1) is 5.92 Å². The first-order chi connectivity index (χ1) is 9.58. The lowest BCUT2D eigenvalue weighted by Gasteiger charge is -2.38. The summed E-state index contributed by atoms with van der Waals surface area (Å²) < 4.78 is 0. The molecular formula is C15H19N3O2. The van der Waals surface area contributed by atoms with Gasteiger partial charge < -0.3 is 16.0 Å². The number of likely N-dealkylation sites (tertiary alicyclic amines) is 1. The van der Waals surface area contributed by atoms with Crippen molar-refractivity contribution in [3.63, 3.8) is 0 Å². The fourth-order valence-electron chi connectivity index (χ4n) is 3.46. The van der Waals surface area contributed by atoms with Gasteiger partial charge in [0.2, 0.25) is 11.8 Å². The molecule has 2 heterocycles. The Balaban J connectivity index is 1.94. The molecule has 0 spiro atoms. The molecule has 2 aliphatic heterocycles. The molecule has 20 heavy (non-hydrogen) atoms. The predicted molar refractivity (Wildman–Crippen MR) is 75.2 cm³/mol. The number of likely N-dealkylation sites (N-methyl/N-ethyl adjacent to an activating group) is 1. The summed E-state index contributed by atoms with van der Waals surface area (Å²) >= 11 is 0. The molecule has 106 valence electrons. The van der Waals surface area contributed by atoms with Crippen molar-refractivity contribution in [2.24, 2.45) is 11.7 Å². The van der Waals surface area contributed by atoms with E-state index in [0.717, 1.165) is 18.5 Å². The van der Waals surface area contributed by atoms with Crippen LogP contribution in [-0.4, -0.2) is 42.9 Å². The lowest BCUT2D eigenvalue weighted by atomic mass is 9.77. The minimum absolute atomic E-state index is 0.0871. The minimum Gasteiger partial charge on any atom is -0.366 e. The summed E-state index contributed by atoms with van der Waals surface area (Å²) in [4.78, 5) is 25.3. The number of nitrogens with two attached hydrogens (primary N) is 1. The SMILES string of the molecule is CN1CC(c2cccc(C(N)=O)c2)C2CCNC2C1=O. The first kappa shape index (κ1) is 13.1. The maximum Gasteiger partial charge on any atom is 0.248 e. The summed E-state index contributed by atoms with van der Waals surface area (Å²) in [6, 6.07) is 7.40. The number of benzene rings is 1. The van der Waals surface area contributed by atoms with E-state index in [1.807, 2.05) is 25.2 Å². The number of rotatable bonds is 2. The molecule has 1 aromatic carbocycles. The average Bonchev–Trinajstić information content (AvgIpc) is 2.92. The molecule has 5 nitrogen and oxygen atoms in total. The van der Waals surface area contributed by atoms with Gasteiger partial charge in [-0.3, -0.25) is 9.59 Å². The van der Waals surface area contributed by atoms with E-state index in [9.17, 15) is 9.59 Å². The Kier molecular flexibility index (Phi) is 3.22. The van der Waals surface area contributed by atoms with E-state index in [2.05, 4.69) is 5.32 Å². The van der Waals surface area contributed by atoms with Crippen LogP contribution in [0.25, 0.3) is 0 Å². The monoisotopic (exact) mass is 273 g/mol. The van der Waals surface area contributed by atoms with Gasteiger partial charge >= 0.3 is 0 Å². The number of nitrogens with zero attached hydrogens (tertiary/aromatic N) is 1. The molecule has 0 aromatic heterocycles. The van der Waals surface area contributed by atoms with E-state index in [1.54, 1.807) is 11.0 Å². The van der Waals surface area contributed by atoms with Gasteiger partial charge in [-0.25, -0.2) is 0 Å². The summed E-state index contributed by atoms with van der Waals surface area (Å²) in [7, 11) is 1.84. The maximum absolute atomic E-state index is 12.1. The van der Waals surface area contributed by atoms with Crippen LogP contribution in [0.15, 0.2) is 24.3 Å². The highest BCUT2D eigenvalue weighted by atomic mass is 16.2. The topological polar surface area (TPSA) is 75.4 Å². The molecule has 3 atom stereocenters. The molecule has 3 rings (SSSR count). The van der Waals surface area contributed by atoms with Gasteiger partial charge in [0, 0.05) is 25.1 Å². The van der Waals surface area contributed by atoms with Crippen LogP contribution in [0.3, 0.4) is 0 Å². The van der Waals surface area contributed by atoms with Crippen LogP contribution < -0.4 is 11.1 Å². The first-order valence-corrected chi connectivity index (χ1v) is 6.96. The second-order valence-electron chi connectivity index (χ2n) is 5.70. The summed E-state index contributed by atoms with van der Waals surface area (Å²) in [5, 5.41) is 3.29. The lowest BCUT2D eigenvalue weighted by Crippen LogP contribution is -2.52. The number of hydrogen-bond donors (Lipinski definition) is 2. The van der Waals surface area contributed by atoms with Crippen LogP contribution >= 0.6 is 0 Å². The zero-order chi connectivity index (χ0) is 14.3. The number of piperidine rings is 1. The average molecular weight is 273 g/mol. The lowest BCUT2D eigenvalue weighted by molar-refractivity contribution is -0.136.